The first kappa shape index (κ1) is 63.9. The van der Waals surface area contributed by atoms with E-state index in [9.17, 15) is 33.6 Å². The van der Waals surface area contributed by atoms with Crippen molar-refractivity contribution in [1.82, 2.24) is 57.2 Å². The number of tetrazole rings is 2. The molecule has 7 aromatic rings. The Kier molecular flexibility index (Phi) is 21.9. The van der Waals surface area contributed by atoms with Gasteiger partial charge in [0.15, 0.2) is 11.6 Å². The van der Waals surface area contributed by atoms with Gasteiger partial charge in [-0.15, -0.1) is 10.2 Å². The van der Waals surface area contributed by atoms with E-state index in [-0.39, 0.29) is 48.3 Å². The number of nitrogens with two attached hydrogens (primary N) is 2. The summed E-state index contributed by atoms with van der Waals surface area (Å²) >= 11 is 9.94. The minimum absolute atomic E-state index is 0.142. The quantitative estimate of drug-likeness (QED) is 0.0346. The Bertz CT molecular complexity index is 3500. The number of anilines is 2. The Morgan fingerprint density at radius 2 is 1.28 bits per heavy atom. The number of aromatic nitrogens is 8. The summed E-state index contributed by atoms with van der Waals surface area (Å²) in [4.78, 5) is 90.4. The third-order valence-corrected chi connectivity index (χ3v) is 16.0. The molecule has 2 aliphatic carbocycles. The van der Waals surface area contributed by atoms with Crippen molar-refractivity contribution in [1.29, 1.82) is 0 Å². The van der Waals surface area contributed by atoms with E-state index in [0.29, 0.717) is 90.8 Å². The van der Waals surface area contributed by atoms with E-state index in [1.54, 1.807) is 71.6 Å². The summed E-state index contributed by atoms with van der Waals surface area (Å²) in [5, 5.41) is 48.1. The van der Waals surface area contributed by atoms with E-state index in [4.69, 9.17) is 32.9 Å². The minimum atomic E-state index is -1.06. The maximum absolute atomic E-state index is 14.1. The number of primary amides is 2. The molecule has 2 heterocycles. The molecule has 2 atom stereocenters. The molecule has 5 aromatic carbocycles. The molecule has 26 heteroatoms. The highest BCUT2D eigenvalue weighted by Gasteiger charge is 2.37. The molecule has 0 spiro atoms. The molecule has 0 bridgehead atoms. The highest BCUT2D eigenvalue weighted by molar-refractivity contribution is 9.10. The topological polar surface area (TPSA) is 361 Å². The number of hydrogen-bond acceptors (Lipinski definition) is 14. The summed E-state index contributed by atoms with van der Waals surface area (Å²) in [7, 11) is 0. The van der Waals surface area contributed by atoms with Gasteiger partial charge in [0, 0.05) is 80.9 Å². The Labute approximate surface area is 515 Å². The van der Waals surface area contributed by atoms with Crippen molar-refractivity contribution in [2.45, 2.75) is 103 Å². The fourth-order valence-electron chi connectivity index (χ4n) is 10.7. The zero-order valence-electron chi connectivity index (χ0n) is 48.2. The van der Waals surface area contributed by atoms with Gasteiger partial charge in [0.1, 0.15) is 17.7 Å². The van der Waals surface area contributed by atoms with Gasteiger partial charge in [0.25, 0.3) is 0 Å². The Hall–Kier alpha value is -9.10. The minimum Gasteiger partial charge on any atom is -0.465 e. The van der Waals surface area contributed by atoms with Crippen LogP contribution in [0.5, 0.6) is 0 Å². The fourth-order valence-corrected chi connectivity index (χ4v) is 11.3. The van der Waals surface area contributed by atoms with Crippen LogP contribution in [0, 0.1) is 23.7 Å². The van der Waals surface area contributed by atoms with E-state index < -0.39 is 47.6 Å². The Morgan fingerprint density at radius 1 is 0.701 bits per heavy atom. The van der Waals surface area contributed by atoms with Crippen LogP contribution >= 0.6 is 27.5 Å². The van der Waals surface area contributed by atoms with E-state index in [1.807, 2.05) is 69.3 Å². The fraction of sp³-hybridized carbons (Fsp3) is 0.361. The number of aromatic amines is 2. The number of carbonyl (C=O) groups is 7. The van der Waals surface area contributed by atoms with E-state index in [0.717, 1.165) is 45.1 Å². The number of ether oxygens (including phenoxy) is 1. The Balaban J connectivity index is 0.000000227. The first-order valence-electron chi connectivity index (χ1n) is 28.4. The van der Waals surface area contributed by atoms with E-state index in [1.165, 1.54) is 0 Å². The monoisotopic (exact) mass is 1270 g/mol. The number of carboxylic acid groups (broad SMARTS) is 1. The summed E-state index contributed by atoms with van der Waals surface area (Å²) < 4.78 is 6.21. The maximum atomic E-state index is 14.1. The molecule has 2 saturated carbocycles. The van der Waals surface area contributed by atoms with Gasteiger partial charge in [-0.2, -0.15) is 0 Å². The average molecular weight is 1270 g/mol. The van der Waals surface area contributed by atoms with Crippen LogP contribution in [0.2, 0.25) is 5.02 Å². The summed E-state index contributed by atoms with van der Waals surface area (Å²) in [6, 6.07) is 32.1. The van der Waals surface area contributed by atoms with E-state index >= 15 is 0 Å². The summed E-state index contributed by atoms with van der Waals surface area (Å²) in [5.74, 6) is -1.14. The standard InChI is InChI=1S/C32H33ClN8O5.C29H36BrN7O4/c33-26-13-10-23(28(34)42)16-25(26)22-3-1-2-19(14-22)15-27(37-30(43)21-6-4-18(5-7-21)17-35-32(45)46)31(44)36-24-11-8-20(9-12-24)29-38-40-41-39-29;1-29(2,3)41-28(40)32-17-18-7-9-21(10-8-18)27(39)37(23-13-11-20(12-14-23)26-33-35-36-34-26)24(25(31)38)16-19-5-4-6-22(30)15-19/h1-3,8-14,16,18,21,27,35H,4-7,15,17H2,(H2,34,42)(H,36,44)(H,37,43)(H,45,46)(H,38,39,40,41);4-6,11-15,18,21,24H,7-10,16-17H2,1-3H3,(H2,31,38)(H,32,40)(H,33,34,35,36)/t18-,21-,27-;18-,21-,24-/m00/s1. The maximum Gasteiger partial charge on any atom is 0.407 e. The first-order chi connectivity index (χ1) is 41.7. The highest BCUT2D eigenvalue weighted by atomic mass is 79.9. The summed E-state index contributed by atoms with van der Waals surface area (Å²) in [6.07, 6.45) is 4.35. The normalized spacial score (nSPS) is 17.2. The summed E-state index contributed by atoms with van der Waals surface area (Å²) in [5.41, 5.74) is 16.7. The molecule has 456 valence electrons. The van der Waals surface area contributed by atoms with Crippen LogP contribution in [-0.4, -0.2) is 119 Å². The van der Waals surface area contributed by atoms with Gasteiger partial charge in [0.2, 0.25) is 29.5 Å². The zero-order chi connectivity index (χ0) is 62.2. The van der Waals surface area contributed by atoms with Gasteiger partial charge in [-0.25, -0.2) is 19.8 Å². The first-order valence-corrected chi connectivity index (χ1v) is 29.6. The third-order valence-electron chi connectivity index (χ3n) is 15.2. The molecule has 0 saturated heterocycles. The second-order valence-electron chi connectivity index (χ2n) is 22.6. The molecule has 9 rings (SSSR count). The molecule has 11 N–H and O–H groups in total. The molecule has 7 amide bonds. The van der Waals surface area contributed by atoms with Crippen LogP contribution in [0.25, 0.3) is 33.9 Å². The molecule has 0 unspecified atom stereocenters. The number of nitrogens with zero attached hydrogens (tertiary/aromatic N) is 7. The van der Waals surface area contributed by atoms with Crippen LogP contribution in [0.15, 0.2) is 120 Å². The number of H-pyrrole nitrogens is 2. The number of amides is 7. The molecule has 2 aliphatic rings. The molecule has 87 heavy (non-hydrogen) atoms. The predicted octanol–water partition coefficient (Wildman–Crippen LogP) is 8.42. The zero-order valence-corrected chi connectivity index (χ0v) is 50.5. The van der Waals surface area contributed by atoms with Crippen molar-refractivity contribution < 1.29 is 43.4 Å². The van der Waals surface area contributed by atoms with Crippen molar-refractivity contribution in [3.05, 3.63) is 141 Å². The summed E-state index contributed by atoms with van der Waals surface area (Å²) in [6.45, 7) is 6.31. The van der Waals surface area contributed by atoms with Crippen molar-refractivity contribution in [3.63, 3.8) is 0 Å². The molecule has 2 aromatic heterocycles. The van der Waals surface area contributed by atoms with Gasteiger partial charge in [-0.3, -0.25) is 28.9 Å². The second kappa shape index (κ2) is 29.8. The molecular weight excluding hydrogens is 1200 g/mol. The molecule has 2 fully saturated rings. The third kappa shape index (κ3) is 18.5. The lowest BCUT2D eigenvalue weighted by molar-refractivity contribution is -0.130. The van der Waals surface area contributed by atoms with Gasteiger partial charge in [0.05, 0.1) is 0 Å². The average Bonchev–Trinajstić information content (AvgIpc) is 4.23. The highest BCUT2D eigenvalue weighted by Crippen LogP contribution is 2.35. The van der Waals surface area contributed by atoms with Crippen LogP contribution in [-0.2, 0) is 36.8 Å². The van der Waals surface area contributed by atoms with Crippen molar-refractivity contribution in [2.75, 3.05) is 23.3 Å². The van der Waals surface area contributed by atoms with E-state index in [2.05, 4.69) is 78.4 Å². The lowest BCUT2D eigenvalue weighted by Crippen LogP contribution is -2.52. The van der Waals surface area contributed by atoms with Crippen LogP contribution in [0.3, 0.4) is 0 Å². The number of rotatable bonds is 20. The smallest absolute Gasteiger partial charge is 0.407 e. The number of nitrogens with one attached hydrogen (secondary N) is 6. The van der Waals surface area contributed by atoms with Gasteiger partial charge in [-0.1, -0.05) is 63.9 Å². The molecule has 0 radical (unpaired) electrons. The number of halogens is 2. The van der Waals surface area contributed by atoms with Crippen LogP contribution < -0.4 is 37.6 Å². The molecule has 24 nitrogen and oxygen atoms in total. The number of hydrogen-bond donors (Lipinski definition) is 9. The number of carbonyl (C=O) groups excluding carboxylic acids is 6. The predicted molar refractivity (Wildman–Crippen MR) is 328 cm³/mol. The van der Waals surface area contributed by atoms with Crippen LogP contribution in [0.4, 0.5) is 21.0 Å². The molecule has 0 aliphatic heterocycles. The second-order valence-corrected chi connectivity index (χ2v) is 23.9. The number of benzene rings is 5. The lowest BCUT2D eigenvalue weighted by atomic mass is 9.81. The lowest BCUT2D eigenvalue weighted by Gasteiger charge is -2.36. The van der Waals surface area contributed by atoms with Crippen LogP contribution in [0.1, 0.15) is 93.6 Å². The van der Waals surface area contributed by atoms with Gasteiger partial charge in [-0.05, 0) is 200 Å². The number of alkyl carbamates (subject to hydrolysis) is 1. The van der Waals surface area contributed by atoms with Crippen molar-refractivity contribution >= 4 is 80.6 Å². The van der Waals surface area contributed by atoms with Crippen molar-refractivity contribution in [2.24, 2.45) is 35.1 Å². The Morgan fingerprint density at radius 3 is 1.83 bits per heavy atom. The SMILES string of the molecule is CC(C)(C)OC(=O)NC[C@H]1CC[C@H](C(=O)N(c2ccc(-c3nnn[nH]3)cc2)[C@@H](Cc2cccc(Br)c2)C(N)=O)CC1.NC(=O)c1ccc(Cl)c(-c2cccc(C[C@H](NC(=O)[C@H]3CC[C@H](CNC(=O)O)CC3)C(=O)Nc3ccc(-c4nnn[nH]4)cc3)c2)c1. The van der Waals surface area contributed by atoms with Gasteiger partial charge >= 0.3 is 12.2 Å². The largest absolute Gasteiger partial charge is 0.465 e. The molecular formula is C61H69BrClN15O9. The van der Waals surface area contributed by atoms with Gasteiger partial charge < -0.3 is 42.6 Å². The van der Waals surface area contributed by atoms with Crippen molar-refractivity contribution in [3.8, 4) is 33.9 Å².